The number of fused-ring (bicyclic) bond motifs is 1. The fourth-order valence-electron chi connectivity index (χ4n) is 7.06. The molecule has 1 heterocycles. The van der Waals surface area contributed by atoms with Crippen molar-refractivity contribution >= 4 is 36.3 Å². The quantitative estimate of drug-likeness (QED) is 0.156. The van der Waals surface area contributed by atoms with Crippen LogP contribution in [0.15, 0.2) is 212 Å². The van der Waals surface area contributed by atoms with Gasteiger partial charge in [-0.05, 0) is 99.1 Å². The lowest BCUT2D eigenvalue weighted by molar-refractivity contribution is 1.44. The largest absolute Gasteiger partial charge is 0.296 e. The summed E-state index contributed by atoms with van der Waals surface area (Å²) < 4.78 is 5.18. The normalized spacial score (nSPS) is 12.5. The van der Waals surface area contributed by atoms with Crippen LogP contribution in [-0.4, -0.2) is 0 Å². The maximum absolute atomic E-state index is 2.59. The summed E-state index contributed by atoms with van der Waals surface area (Å²) in [5, 5.41) is 1.27. The molecule has 8 aromatic rings. The van der Waals surface area contributed by atoms with Gasteiger partial charge >= 0.3 is 0 Å². The third-order valence-electron chi connectivity index (χ3n) is 9.48. The molecule has 242 valence electrons. The van der Waals surface area contributed by atoms with Gasteiger partial charge < -0.3 is 0 Å². The van der Waals surface area contributed by atoms with E-state index >= 15 is 0 Å². The molecule has 0 unspecified atom stereocenters. The SMILES string of the molecule is c1ccc(-c2cccc(N3c4ccccc4N(c4cccc(-c5ccccc5)c4)P3c3cc(-c4ccccc4)cc(-c4ccccc4)c3)c2)cc1. The lowest BCUT2D eigenvalue weighted by Crippen LogP contribution is -2.22. The topological polar surface area (TPSA) is 6.48 Å². The molecule has 0 amide bonds. The molecular formula is C48H35N2P. The third kappa shape index (κ3) is 6.01. The molecule has 0 spiro atoms. The van der Waals surface area contributed by atoms with Gasteiger partial charge in [0.15, 0.2) is 0 Å². The molecule has 51 heavy (non-hydrogen) atoms. The van der Waals surface area contributed by atoms with Crippen molar-refractivity contribution in [3.8, 4) is 44.5 Å². The number of anilines is 4. The summed E-state index contributed by atoms with van der Waals surface area (Å²) >= 11 is 0. The minimum atomic E-state index is -1.16. The second kappa shape index (κ2) is 13.6. The second-order valence-electron chi connectivity index (χ2n) is 12.7. The summed E-state index contributed by atoms with van der Waals surface area (Å²) in [6, 6.07) is 77.1. The summed E-state index contributed by atoms with van der Waals surface area (Å²) in [6.45, 7) is 0. The lowest BCUT2D eigenvalue weighted by Gasteiger charge is -2.34. The average Bonchev–Trinajstić information content (AvgIpc) is 3.57. The Labute approximate surface area is 301 Å². The number of hydrogen-bond donors (Lipinski definition) is 0. The maximum Gasteiger partial charge on any atom is 0.138 e. The van der Waals surface area contributed by atoms with Crippen LogP contribution in [0.1, 0.15) is 0 Å². The zero-order valence-corrected chi connectivity index (χ0v) is 28.9. The predicted molar refractivity (Wildman–Crippen MR) is 218 cm³/mol. The number of hydrogen-bond acceptors (Lipinski definition) is 2. The van der Waals surface area contributed by atoms with E-state index in [9.17, 15) is 0 Å². The predicted octanol–water partition coefficient (Wildman–Crippen LogP) is 13.3. The summed E-state index contributed by atoms with van der Waals surface area (Å²) in [7, 11) is -1.16. The van der Waals surface area contributed by atoms with Gasteiger partial charge in [-0.15, -0.1) is 0 Å². The Kier molecular flexibility index (Phi) is 8.22. The molecule has 3 heteroatoms. The smallest absolute Gasteiger partial charge is 0.138 e. The van der Waals surface area contributed by atoms with Crippen molar-refractivity contribution in [3.05, 3.63) is 212 Å². The van der Waals surface area contributed by atoms with Crippen LogP contribution in [-0.2, 0) is 0 Å². The monoisotopic (exact) mass is 670 g/mol. The molecule has 8 aromatic carbocycles. The second-order valence-corrected chi connectivity index (χ2v) is 14.6. The van der Waals surface area contributed by atoms with Crippen LogP contribution in [0.3, 0.4) is 0 Å². The van der Waals surface area contributed by atoms with E-state index in [0.717, 1.165) is 0 Å². The first-order valence-corrected chi connectivity index (χ1v) is 18.6. The number of nitrogens with zero attached hydrogens (tertiary/aromatic N) is 2. The van der Waals surface area contributed by atoms with Gasteiger partial charge in [0, 0.05) is 16.7 Å². The van der Waals surface area contributed by atoms with E-state index < -0.39 is 8.22 Å². The van der Waals surface area contributed by atoms with Crippen LogP contribution in [0.25, 0.3) is 44.5 Å². The van der Waals surface area contributed by atoms with E-state index in [1.807, 2.05) is 0 Å². The summed E-state index contributed by atoms with van der Waals surface area (Å²) in [5.41, 5.74) is 14.4. The molecule has 0 N–H and O–H groups in total. The molecule has 2 nitrogen and oxygen atoms in total. The number of para-hydroxylation sites is 2. The van der Waals surface area contributed by atoms with Crippen molar-refractivity contribution in [1.29, 1.82) is 0 Å². The molecule has 0 saturated heterocycles. The molecular weight excluding hydrogens is 636 g/mol. The van der Waals surface area contributed by atoms with E-state index in [1.54, 1.807) is 0 Å². The van der Waals surface area contributed by atoms with E-state index in [2.05, 4.69) is 222 Å². The minimum Gasteiger partial charge on any atom is -0.296 e. The first-order valence-electron chi connectivity index (χ1n) is 17.4. The highest BCUT2D eigenvalue weighted by Crippen LogP contribution is 2.65. The van der Waals surface area contributed by atoms with Gasteiger partial charge in [0.1, 0.15) is 8.22 Å². The molecule has 0 radical (unpaired) electrons. The third-order valence-corrected chi connectivity index (χ3v) is 11.8. The lowest BCUT2D eigenvalue weighted by atomic mass is 9.99. The van der Waals surface area contributed by atoms with E-state index in [-0.39, 0.29) is 0 Å². The molecule has 9 rings (SSSR count). The molecule has 0 fully saturated rings. The van der Waals surface area contributed by atoms with Gasteiger partial charge in [-0.1, -0.05) is 158 Å². The van der Waals surface area contributed by atoms with Gasteiger partial charge in [-0.25, -0.2) is 0 Å². The molecule has 0 aliphatic carbocycles. The Balaban J connectivity index is 1.30. The highest BCUT2D eigenvalue weighted by Gasteiger charge is 2.40. The minimum absolute atomic E-state index is 1.16. The van der Waals surface area contributed by atoms with Crippen molar-refractivity contribution < 1.29 is 0 Å². The Morgan fingerprint density at radius 1 is 0.255 bits per heavy atom. The Morgan fingerprint density at radius 3 is 0.980 bits per heavy atom. The van der Waals surface area contributed by atoms with Crippen LogP contribution in [0, 0.1) is 0 Å². The van der Waals surface area contributed by atoms with Crippen LogP contribution in [0.4, 0.5) is 22.7 Å². The highest BCUT2D eigenvalue weighted by atomic mass is 31.1. The van der Waals surface area contributed by atoms with Gasteiger partial charge in [0.05, 0.1) is 11.4 Å². The van der Waals surface area contributed by atoms with Crippen LogP contribution in [0.5, 0.6) is 0 Å². The number of rotatable bonds is 7. The molecule has 1 aliphatic heterocycles. The van der Waals surface area contributed by atoms with Crippen molar-refractivity contribution in [3.63, 3.8) is 0 Å². The van der Waals surface area contributed by atoms with E-state index in [1.165, 1.54) is 72.6 Å². The Bertz CT molecular complexity index is 2260. The van der Waals surface area contributed by atoms with E-state index in [0.29, 0.717) is 0 Å². The van der Waals surface area contributed by atoms with E-state index in [4.69, 9.17) is 0 Å². The maximum atomic E-state index is 2.59. The first kappa shape index (κ1) is 30.8. The van der Waals surface area contributed by atoms with Gasteiger partial charge in [-0.2, -0.15) is 0 Å². The van der Waals surface area contributed by atoms with Crippen molar-refractivity contribution in [2.45, 2.75) is 0 Å². The average molecular weight is 671 g/mol. The first-order chi connectivity index (χ1) is 25.3. The van der Waals surface area contributed by atoms with Crippen LogP contribution in [0.2, 0.25) is 0 Å². The molecule has 0 atom stereocenters. The van der Waals surface area contributed by atoms with Gasteiger partial charge in [-0.3, -0.25) is 9.34 Å². The van der Waals surface area contributed by atoms with Gasteiger partial charge in [0.2, 0.25) is 0 Å². The zero-order chi connectivity index (χ0) is 34.0. The summed E-state index contributed by atoms with van der Waals surface area (Å²) in [6.07, 6.45) is 0. The van der Waals surface area contributed by atoms with Gasteiger partial charge in [0.25, 0.3) is 0 Å². The Hall–Kier alpha value is -6.21. The molecule has 1 aliphatic rings. The fourth-order valence-corrected chi connectivity index (χ4v) is 9.64. The Morgan fingerprint density at radius 2 is 0.588 bits per heavy atom. The molecule has 0 aromatic heterocycles. The zero-order valence-electron chi connectivity index (χ0n) is 28.0. The van der Waals surface area contributed by atoms with Crippen molar-refractivity contribution in [2.75, 3.05) is 9.34 Å². The van der Waals surface area contributed by atoms with Crippen LogP contribution >= 0.6 is 8.22 Å². The number of benzene rings is 8. The fraction of sp³-hybridized carbons (Fsp3) is 0. The van der Waals surface area contributed by atoms with Crippen molar-refractivity contribution in [2.24, 2.45) is 0 Å². The van der Waals surface area contributed by atoms with Crippen molar-refractivity contribution in [1.82, 2.24) is 0 Å². The molecule has 0 bridgehead atoms. The summed E-state index contributed by atoms with van der Waals surface area (Å²) in [4.78, 5) is 0. The standard InChI is InChI=1S/C48H35N2P/c1-5-17-36(18-6-1)40-25-15-27-44(32-40)49-47-29-13-14-30-48(47)50(45-28-16-26-41(33-45)37-19-7-2-8-20-37)51(49)46-34-42(38-21-9-3-10-22-38)31-43(35-46)39-23-11-4-12-24-39/h1-35H. The highest BCUT2D eigenvalue weighted by molar-refractivity contribution is 7.70. The molecule has 0 saturated carbocycles. The van der Waals surface area contributed by atoms with Crippen LogP contribution < -0.4 is 14.6 Å². The summed E-state index contributed by atoms with van der Waals surface area (Å²) in [5.74, 6) is 0.